The molecule has 0 bridgehead atoms. The molecule has 0 aromatic heterocycles. The van der Waals surface area contributed by atoms with E-state index in [4.69, 9.17) is 14.7 Å². The SMILES string of the molecule is COc1cc2c(cc1CN1CC(C(=O)O)C1)CCC/C2=N/OCc1ccc(C2CCCCC2)c(C(F)(F)F)c1. The van der Waals surface area contributed by atoms with E-state index >= 15 is 0 Å². The number of hydrogen-bond acceptors (Lipinski definition) is 5. The van der Waals surface area contributed by atoms with Crippen molar-refractivity contribution in [1.82, 2.24) is 4.90 Å². The van der Waals surface area contributed by atoms with Crippen molar-refractivity contribution in [1.29, 1.82) is 0 Å². The van der Waals surface area contributed by atoms with Gasteiger partial charge in [-0.25, -0.2) is 0 Å². The lowest BCUT2D eigenvalue weighted by atomic mass is 9.81. The van der Waals surface area contributed by atoms with Gasteiger partial charge < -0.3 is 14.7 Å². The molecule has 9 heteroatoms. The van der Waals surface area contributed by atoms with Gasteiger partial charge in [-0.15, -0.1) is 0 Å². The van der Waals surface area contributed by atoms with Crippen molar-refractivity contribution >= 4 is 11.7 Å². The van der Waals surface area contributed by atoms with Crippen molar-refractivity contribution in [2.45, 2.75) is 76.6 Å². The molecule has 0 amide bonds. The van der Waals surface area contributed by atoms with Gasteiger partial charge in [0.2, 0.25) is 0 Å². The number of oxime groups is 1. The number of rotatable bonds is 8. The first-order valence-corrected chi connectivity index (χ1v) is 13.8. The van der Waals surface area contributed by atoms with Crippen LogP contribution in [0.3, 0.4) is 0 Å². The van der Waals surface area contributed by atoms with Gasteiger partial charge in [-0.05, 0) is 66.8 Å². The van der Waals surface area contributed by atoms with Crippen molar-refractivity contribution < 1.29 is 32.6 Å². The Bertz CT molecular complexity index is 1230. The van der Waals surface area contributed by atoms with E-state index in [9.17, 15) is 18.0 Å². The maximum atomic E-state index is 13.9. The third kappa shape index (κ3) is 6.24. The van der Waals surface area contributed by atoms with Gasteiger partial charge in [0.15, 0.2) is 0 Å². The van der Waals surface area contributed by atoms with Crippen molar-refractivity contribution in [3.8, 4) is 5.75 Å². The van der Waals surface area contributed by atoms with Crippen LogP contribution in [-0.2, 0) is 35.4 Å². The summed E-state index contributed by atoms with van der Waals surface area (Å²) < 4.78 is 47.4. The molecule has 3 aliphatic rings. The Balaban J connectivity index is 1.29. The second-order valence-electron chi connectivity index (χ2n) is 11.0. The van der Waals surface area contributed by atoms with Crippen LogP contribution in [-0.4, -0.2) is 41.9 Å². The number of hydrogen-bond donors (Lipinski definition) is 1. The first kappa shape index (κ1) is 27.5. The molecule has 6 nitrogen and oxygen atoms in total. The average molecular weight is 545 g/mol. The van der Waals surface area contributed by atoms with Gasteiger partial charge >= 0.3 is 12.1 Å². The highest BCUT2D eigenvalue weighted by Gasteiger charge is 2.36. The molecule has 2 aromatic carbocycles. The minimum Gasteiger partial charge on any atom is -0.496 e. The van der Waals surface area contributed by atoms with Crippen LogP contribution in [0.5, 0.6) is 5.75 Å². The third-order valence-corrected chi connectivity index (χ3v) is 8.25. The highest BCUT2D eigenvalue weighted by Crippen LogP contribution is 2.41. The lowest BCUT2D eigenvalue weighted by Gasteiger charge is -2.37. The summed E-state index contributed by atoms with van der Waals surface area (Å²) in [4.78, 5) is 18.8. The summed E-state index contributed by atoms with van der Waals surface area (Å²) in [7, 11) is 1.60. The number of benzene rings is 2. The first-order chi connectivity index (χ1) is 18.7. The summed E-state index contributed by atoms with van der Waals surface area (Å²) in [6.07, 6.45) is 2.71. The maximum absolute atomic E-state index is 13.9. The van der Waals surface area contributed by atoms with Crippen LogP contribution in [0.4, 0.5) is 13.2 Å². The number of alkyl halides is 3. The van der Waals surface area contributed by atoms with Gasteiger partial charge in [0, 0.05) is 30.8 Å². The topological polar surface area (TPSA) is 71.4 Å². The lowest BCUT2D eigenvalue weighted by molar-refractivity contribution is -0.147. The molecule has 2 fully saturated rings. The largest absolute Gasteiger partial charge is 0.496 e. The molecule has 1 heterocycles. The van der Waals surface area contributed by atoms with Gasteiger partial charge in [-0.1, -0.05) is 42.6 Å². The Kier molecular flexibility index (Phi) is 8.16. The van der Waals surface area contributed by atoms with E-state index in [0.29, 0.717) is 42.9 Å². The van der Waals surface area contributed by atoms with Gasteiger partial charge in [-0.2, -0.15) is 13.2 Å². The number of carboxylic acids is 1. The number of carboxylic acid groups (broad SMARTS) is 1. The van der Waals surface area contributed by atoms with Crippen molar-refractivity contribution in [3.05, 3.63) is 63.7 Å². The fraction of sp³-hybridized carbons (Fsp3) is 0.533. The Morgan fingerprint density at radius 2 is 1.85 bits per heavy atom. The van der Waals surface area contributed by atoms with E-state index in [2.05, 4.69) is 16.1 Å². The molecule has 5 rings (SSSR count). The zero-order valence-corrected chi connectivity index (χ0v) is 22.2. The second-order valence-corrected chi connectivity index (χ2v) is 11.0. The Morgan fingerprint density at radius 3 is 2.54 bits per heavy atom. The molecule has 1 N–H and O–H groups in total. The van der Waals surface area contributed by atoms with E-state index in [1.54, 1.807) is 19.2 Å². The molecule has 210 valence electrons. The molecule has 1 aliphatic heterocycles. The highest BCUT2D eigenvalue weighted by molar-refractivity contribution is 6.02. The monoisotopic (exact) mass is 544 g/mol. The van der Waals surface area contributed by atoms with Crippen LogP contribution < -0.4 is 4.74 Å². The summed E-state index contributed by atoms with van der Waals surface area (Å²) in [6, 6.07) is 8.62. The number of halogens is 3. The molecule has 1 saturated heterocycles. The number of carbonyl (C=O) groups is 1. The van der Waals surface area contributed by atoms with Crippen LogP contribution in [0.25, 0.3) is 0 Å². The van der Waals surface area contributed by atoms with Crippen LogP contribution in [0.1, 0.15) is 84.2 Å². The van der Waals surface area contributed by atoms with Crippen LogP contribution >= 0.6 is 0 Å². The fourth-order valence-corrected chi connectivity index (χ4v) is 6.13. The van der Waals surface area contributed by atoms with Gasteiger partial charge in [-0.3, -0.25) is 9.69 Å². The molecule has 0 atom stereocenters. The number of likely N-dealkylation sites (tertiary alicyclic amines) is 1. The quantitative estimate of drug-likeness (QED) is 0.383. The molecule has 0 spiro atoms. The average Bonchev–Trinajstić information content (AvgIpc) is 2.89. The number of aryl methyl sites for hydroxylation is 1. The Morgan fingerprint density at radius 1 is 1.08 bits per heavy atom. The molecule has 0 unspecified atom stereocenters. The Labute approximate surface area is 226 Å². The summed E-state index contributed by atoms with van der Waals surface area (Å²) in [5.41, 5.74) is 4.09. The van der Waals surface area contributed by atoms with Gasteiger partial charge in [0.05, 0.1) is 24.3 Å². The first-order valence-electron chi connectivity index (χ1n) is 13.8. The van der Waals surface area contributed by atoms with E-state index in [1.165, 1.54) is 6.07 Å². The highest BCUT2D eigenvalue weighted by atomic mass is 19.4. The summed E-state index contributed by atoms with van der Waals surface area (Å²) in [5.74, 6) is -0.418. The number of ether oxygens (including phenoxy) is 1. The predicted molar refractivity (Wildman–Crippen MR) is 141 cm³/mol. The lowest BCUT2D eigenvalue weighted by Crippen LogP contribution is -2.49. The molecule has 2 aliphatic carbocycles. The fourth-order valence-electron chi connectivity index (χ4n) is 6.13. The summed E-state index contributed by atoms with van der Waals surface area (Å²) in [5, 5.41) is 13.5. The normalized spacial score (nSPS) is 19.9. The zero-order chi connectivity index (χ0) is 27.6. The second kappa shape index (κ2) is 11.6. The van der Waals surface area contributed by atoms with Gasteiger partial charge in [0.25, 0.3) is 0 Å². The smallest absolute Gasteiger partial charge is 0.416 e. The van der Waals surface area contributed by atoms with E-state index in [-0.39, 0.29) is 18.4 Å². The molecule has 2 aromatic rings. The molecule has 0 radical (unpaired) electrons. The van der Waals surface area contributed by atoms with Crippen LogP contribution in [0, 0.1) is 5.92 Å². The summed E-state index contributed by atoms with van der Waals surface area (Å²) in [6.45, 7) is 1.62. The number of aliphatic carboxylic acids is 1. The molecular formula is C30H35F3N2O4. The summed E-state index contributed by atoms with van der Waals surface area (Å²) >= 11 is 0. The minimum absolute atomic E-state index is 0.0381. The molecule has 1 saturated carbocycles. The zero-order valence-electron chi connectivity index (χ0n) is 22.2. The third-order valence-electron chi connectivity index (χ3n) is 8.25. The predicted octanol–water partition coefficient (Wildman–Crippen LogP) is 6.54. The van der Waals surface area contributed by atoms with Crippen LogP contribution in [0.15, 0.2) is 35.5 Å². The maximum Gasteiger partial charge on any atom is 0.416 e. The van der Waals surface area contributed by atoms with E-state index in [1.807, 2.05) is 6.07 Å². The van der Waals surface area contributed by atoms with E-state index < -0.39 is 17.7 Å². The van der Waals surface area contributed by atoms with E-state index in [0.717, 1.165) is 67.3 Å². The minimum atomic E-state index is -4.41. The molecular weight excluding hydrogens is 509 g/mol. The van der Waals surface area contributed by atoms with Gasteiger partial charge in [0.1, 0.15) is 12.4 Å². The van der Waals surface area contributed by atoms with Crippen molar-refractivity contribution in [2.24, 2.45) is 11.1 Å². The number of nitrogens with zero attached hydrogens (tertiary/aromatic N) is 2. The number of methoxy groups -OCH3 is 1. The Hall–Kier alpha value is -3.07. The van der Waals surface area contributed by atoms with Crippen molar-refractivity contribution in [2.75, 3.05) is 20.2 Å². The number of fused-ring (bicyclic) bond motifs is 1. The molecule has 39 heavy (non-hydrogen) atoms. The van der Waals surface area contributed by atoms with Crippen molar-refractivity contribution in [3.63, 3.8) is 0 Å². The van der Waals surface area contributed by atoms with Crippen LogP contribution in [0.2, 0.25) is 0 Å². The standard InChI is InChI=1S/C30H35F3N2O4/c1-38-28-14-25-21(13-22(28)15-35-16-23(17-35)29(36)37)8-5-9-27(25)34-39-18-19-10-11-24(20-6-3-2-4-7-20)26(12-19)30(31,32)33/h10-14,20,23H,2-9,15-18H2,1H3,(H,36,37)/b34-27-.